The molecule has 0 aliphatic carbocycles. The molecule has 1 heterocycles. The van der Waals surface area contributed by atoms with Gasteiger partial charge in [-0.1, -0.05) is 6.92 Å². The Bertz CT molecular complexity index is 235. The monoisotopic (exact) mass is 238 g/mol. The number of piperazine rings is 1. The summed E-state index contributed by atoms with van der Waals surface area (Å²) in [7, 11) is 0. The quantitative estimate of drug-likeness (QED) is 0.743. The fraction of sp³-hybridized carbons (Fsp3) is 0.900. The lowest BCUT2D eigenvalue weighted by atomic mass is 10.2. The van der Waals surface area contributed by atoms with Crippen LogP contribution in [0.2, 0.25) is 0 Å². The summed E-state index contributed by atoms with van der Waals surface area (Å²) in [5.41, 5.74) is 0. The van der Waals surface area contributed by atoms with Crippen LogP contribution < -0.4 is 0 Å². The molecule has 0 radical (unpaired) electrons. The molecule has 0 atom stereocenters. The normalized spacial score (nSPS) is 18.9. The van der Waals surface area contributed by atoms with E-state index in [0.717, 1.165) is 13.0 Å². The average Bonchev–Trinajstić information content (AvgIpc) is 2.16. The highest BCUT2D eigenvalue weighted by atomic mass is 19.4. The van der Waals surface area contributed by atoms with Crippen LogP contribution in [0.4, 0.5) is 13.2 Å². The van der Waals surface area contributed by atoms with Gasteiger partial charge in [-0.2, -0.15) is 13.2 Å². The van der Waals surface area contributed by atoms with Gasteiger partial charge in [0.1, 0.15) is 6.42 Å². The molecular formula is C10H17F3N2O. The van der Waals surface area contributed by atoms with Crippen LogP contribution in [0.25, 0.3) is 0 Å². The van der Waals surface area contributed by atoms with E-state index in [1.54, 1.807) is 0 Å². The average molecular weight is 238 g/mol. The number of nitrogens with zero attached hydrogens (tertiary/aromatic N) is 2. The van der Waals surface area contributed by atoms with Gasteiger partial charge in [-0.25, -0.2) is 0 Å². The van der Waals surface area contributed by atoms with Crippen molar-refractivity contribution in [3.8, 4) is 0 Å². The lowest BCUT2D eigenvalue weighted by Crippen LogP contribution is -2.49. The van der Waals surface area contributed by atoms with Crippen molar-refractivity contribution >= 4 is 5.91 Å². The first-order valence-electron chi connectivity index (χ1n) is 5.49. The maximum absolute atomic E-state index is 12.0. The first-order chi connectivity index (χ1) is 7.42. The Kier molecular flexibility index (Phi) is 4.58. The third-order valence-electron chi connectivity index (χ3n) is 2.62. The number of hydrogen-bond donors (Lipinski definition) is 0. The van der Waals surface area contributed by atoms with Crippen LogP contribution in [0.15, 0.2) is 0 Å². The second-order valence-electron chi connectivity index (χ2n) is 4.01. The minimum absolute atomic E-state index is 0.412. The molecule has 3 nitrogen and oxygen atoms in total. The molecule has 1 saturated heterocycles. The van der Waals surface area contributed by atoms with Crippen LogP contribution in [-0.4, -0.2) is 54.6 Å². The number of rotatable bonds is 3. The lowest BCUT2D eigenvalue weighted by molar-refractivity contribution is -0.162. The maximum atomic E-state index is 12.0. The van der Waals surface area contributed by atoms with E-state index < -0.39 is 18.5 Å². The summed E-state index contributed by atoms with van der Waals surface area (Å²) in [6, 6.07) is 0. The van der Waals surface area contributed by atoms with E-state index in [4.69, 9.17) is 0 Å². The van der Waals surface area contributed by atoms with Gasteiger partial charge < -0.3 is 4.90 Å². The van der Waals surface area contributed by atoms with Gasteiger partial charge in [0.05, 0.1) is 0 Å². The molecule has 1 fully saturated rings. The Morgan fingerprint density at radius 3 is 2.19 bits per heavy atom. The summed E-state index contributed by atoms with van der Waals surface area (Å²) < 4.78 is 36.0. The second-order valence-corrected chi connectivity index (χ2v) is 4.01. The first kappa shape index (κ1) is 13.3. The number of alkyl halides is 3. The van der Waals surface area contributed by atoms with Crippen LogP contribution in [0.3, 0.4) is 0 Å². The molecule has 0 aromatic rings. The highest BCUT2D eigenvalue weighted by Crippen LogP contribution is 2.21. The molecule has 1 aliphatic rings. The SMILES string of the molecule is CCCN1CCN(C(=O)CC(F)(F)F)CC1. The summed E-state index contributed by atoms with van der Waals surface area (Å²) in [6.45, 7) is 5.18. The van der Waals surface area contributed by atoms with Crippen molar-refractivity contribution in [3.63, 3.8) is 0 Å². The molecule has 94 valence electrons. The number of carbonyl (C=O) groups excluding carboxylic acids is 1. The minimum Gasteiger partial charge on any atom is -0.340 e. The smallest absolute Gasteiger partial charge is 0.340 e. The number of hydrogen-bond acceptors (Lipinski definition) is 2. The predicted molar refractivity (Wildman–Crippen MR) is 54.0 cm³/mol. The summed E-state index contributed by atoms with van der Waals surface area (Å²) in [6.07, 6.45) is -4.70. The zero-order valence-electron chi connectivity index (χ0n) is 9.39. The molecule has 0 saturated carbocycles. The fourth-order valence-electron chi connectivity index (χ4n) is 1.82. The van der Waals surface area contributed by atoms with Crippen LogP contribution in [0.1, 0.15) is 19.8 Å². The number of carbonyl (C=O) groups is 1. The Balaban J connectivity index is 2.33. The summed E-state index contributed by atoms with van der Waals surface area (Å²) in [5.74, 6) is -0.802. The van der Waals surface area contributed by atoms with Crippen molar-refractivity contribution in [2.45, 2.75) is 25.9 Å². The zero-order chi connectivity index (χ0) is 12.2. The van der Waals surface area contributed by atoms with Gasteiger partial charge >= 0.3 is 6.18 Å². The molecule has 0 spiro atoms. The number of halogens is 3. The van der Waals surface area contributed by atoms with Gasteiger partial charge in [-0.15, -0.1) is 0 Å². The Morgan fingerprint density at radius 2 is 1.75 bits per heavy atom. The summed E-state index contributed by atoms with van der Waals surface area (Å²) in [5, 5.41) is 0. The molecule has 0 N–H and O–H groups in total. The summed E-state index contributed by atoms with van der Waals surface area (Å²) >= 11 is 0. The second kappa shape index (κ2) is 5.52. The van der Waals surface area contributed by atoms with Crippen LogP contribution in [-0.2, 0) is 4.79 Å². The van der Waals surface area contributed by atoms with Gasteiger partial charge in [0.15, 0.2) is 0 Å². The molecular weight excluding hydrogens is 221 g/mol. The molecule has 0 aromatic heterocycles. The predicted octanol–water partition coefficient (Wildman–Crippen LogP) is 1.49. The van der Waals surface area contributed by atoms with Crippen molar-refractivity contribution < 1.29 is 18.0 Å². The number of amides is 1. The maximum Gasteiger partial charge on any atom is 0.397 e. The molecule has 0 unspecified atom stereocenters. The minimum atomic E-state index is -4.39. The van der Waals surface area contributed by atoms with E-state index in [-0.39, 0.29) is 0 Å². The van der Waals surface area contributed by atoms with E-state index in [0.29, 0.717) is 26.2 Å². The van der Waals surface area contributed by atoms with E-state index in [1.165, 1.54) is 4.90 Å². The standard InChI is InChI=1S/C10H17F3N2O/c1-2-3-14-4-6-15(7-5-14)9(16)8-10(11,12)13/h2-8H2,1H3. The van der Waals surface area contributed by atoms with Crippen molar-refractivity contribution in [1.82, 2.24) is 9.80 Å². The molecule has 1 aliphatic heterocycles. The van der Waals surface area contributed by atoms with E-state index >= 15 is 0 Å². The molecule has 1 amide bonds. The third kappa shape index (κ3) is 4.38. The van der Waals surface area contributed by atoms with Gasteiger partial charge in [-0.05, 0) is 13.0 Å². The molecule has 0 aromatic carbocycles. The Hall–Kier alpha value is -0.780. The van der Waals surface area contributed by atoms with E-state index in [2.05, 4.69) is 11.8 Å². The van der Waals surface area contributed by atoms with Crippen molar-refractivity contribution in [2.24, 2.45) is 0 Å². The largest absolute Gasteiger partial charge is 0.397 e. The Morgan fingerprint density at radius 1 is 1.19 bits per heavy atom. The van der Waals surface area contributed by atoms with Gasteiger partial charge in [0.2, 0.25) is 5.91 Å². The van der Waals surface area contributed by atoms with Crippen molar-refractivity contribution in [1.29, 1.82) is 0 Å². The summed E-state index contributed by atoms with van der Waals surface area (Å²) in [4.78, 5) is 14.7. The topological polar surface area (TPSA) is 23.6 Å². The zero-order valence-corrected chi connectivity index (χ0v) is 9.39. The van der Waals surface area contributed by atoms with E-state index in [9.17, 15) is 18.0 Å². The van der Waals surface area contributed by atoms with Gasteiger partial charge in [0.25, 0.3) is 0 Å². The molecule has 0 bridgehead atoms. The van der Waals surface area contributed by atoms with E-state index in [1.807, 2.05) is 0 Å². The highest BCUT2D eigenvalue weighted by Gasteiger charge is 2.34. The van der Waals surface area contributed by atoms with Crippen LogP contribution in [0.5, 0.6) is 0 Å². The van der Waals surface area contributed by atoms with Crippen molar-refractivity contribution in [2.75, 3.05) is 32.7 Å². The molecule has 1 rings (SSSR count). The van der Waals surface area contributed by atoms with Crippen LogP contribution >= 0.6 is 0 Å². The van der Waals surface area contributed by atoms with Gasteiger partial charge in [-0.3, -0.25) is 9.69 Å². The Labute approximate surface area is 93.2 Å². The first-order valence-corrected chi connectivity index (χ1v) is 5.49. The van der Waals surface area contributed by atoms with Gasteiger partial charge in [0, 0.05) is 26.2 Å². The lowest BCUT2D eigenvalue weighted by Gasteiger charge is -2.34. The molecule has 6 heteroatoms. The van der Waals surface area contributed by atoms with Crippen LogP contribution in [0, 0.1) is 0 Å². The van der Waals surface area contributed by atoms with Crippen molar-refractivity contribution in [3.05, 3.63) is 0 Å². The highest BCUT2D eigenvalue weighted by molar-refractivity contribution is 5.76. The molecule has 16 heavy (non-hydrogen) atoms. The fourth-order valence-corrected chi connectivity index (χ4v) is 1.82. The third-order valence-corrected chi connectivity index (χ3v) is 2.62.